The normalized spacial score (nSPS) is 7.90. The quantitative estimate of drug-likeness (QED) is 0.293. The number of aromatic nitrogens is 3. The van der Waals surface area contributed by atoms with Crippen molar-refractivity contribution < 1.29 is 44.3 Å². The van der Waals surface area contributed by atoms with E-state index < -0.39 is 0 Å². The number of nitrogens with two attached hydrogens (primary N) is 1. The van der Waals surface area contributed by atoms with Gasteiger partial charge < -0.3 is 30.5 Å². The third-order valence-corrected chi connectivity index (χ3v) is 2.29. The second-order valence-electron chi connectivity index (χ2n) is 3.66. The van der Waals surface area contributed by atoms with Gasteiger partial charge in [-0.2, -0.15) is 5.10 Å². The number of hydrogen-bond acceptors (Lipinski definition) is 3. The average Bonchev–Trinajstić information content (AvgIpc) is 2.58. The number of hydrogen-bond donors (Lipinski definition) is 2. The SMILES string of the molecule is Cc1cc(C)n(-c2ccc(C(=N)N)cn2)n1.Cl.Cl.[Cl-].[Cl-].[Zn+2]. The van der Waals surface area contributed by atoms with Crippen molar-refractivity contribution in [3.8, 4) is 5.82 Å². The Labute approximate surface area is 161 Å². The maximum atomic E-state index is 7.27. The first kappa shape index (κ1) is 28.7. The predicted molar refractivity (Wildman–Crippen MR) is 76.3 cm³/mol. The molecule has 0 aliphatic carbocycles. The molecule has 114 valence electrons. The molecule has 0 amide bonds. The molecule has 0 spiro atoms. The van der Waals surface area contributed by atoms with Crippen molar-refractivity contribution in [1.82, 2.24) is 14.8 Å². The Bertz CT molecular complexity index is 544. The summed E-state index contributed by atoms with van der Waals surface area (Å²) in [6, 6.07) is 5.55. The van der Waals surface area contributed by atoms with E-state index in [1.807, 2.05) is 19.9 Å². The van der Waals surface area contributed by atoms with Gasteiger partial charge in [-0.3, -0.25) is 5.41 Å². The molecule has 2 rings (SSSR count). The summed E-state index contributed by atoms with van der Waals surface area (Å²) in [6.45, 7) is 3.91. The second-order valence-corrected chi connectivity index (χ2v) is 3.66. The maximum absolute atomic E-state index is 7.27. The molecule has 0 unspecified atom stereocenters. The molecule has 0 saturated carbocycles. The smallest absolute Gasteiger partial charge is 1.00 e. The van der Waals surface area contributed by atoms with Crippen molar-refractivity contribution >= 4 is 30.6 Å². The number of aryl methyl sites for hydroxylation is 2. The first-order valence-electron chi connectivity index (χ1n) is 4.92. The Kier molecular flexibility index (Phi) is 16.7. The summed E-state index contributed by atoms with van der Waals surface area (Å²) in [5.41, 5.74) is 7.96. The number of amidine groups is 1. The summed E-state index contributed by atoms with van der Waals surface area (Å²) < 4.78 is 1.76. The summed E-state index contributed by atoms with van der Waals surface area (Å²) >= 11 is 0. The Morgan fingerprint density at radius 3 is 2.10 bits per heavy atom. The van der Waals surface area contributed by atoms with Gasteiger partial charge in [-0.1, -0.05) is 0 Å². The van der Waals surface area contributed by atoms with E-state index in [2.05, 4.69) is 10.1 Å². The Balaban J connectivity index is -0.000000289. The van der Waals surface area contributed by atoms with E-state index >= 15 is 0 Å². The van der Waals surface area contributed by atoms with Gasteiger partial charge in [-0.15, -0.1) is 24.8 Å². The number of pyridine rings is 1. The topological polar surface area (TPSA) is 80.6 Å². The maximum Gasteiger partial charge on any atom is 2.00 e. The molecular formula is C11H15Cl4N5Zn. The molecule has 10 heteroatoms. The summed E-state index contributed by atoms with van der Waals surface area (Å²) in [5, 5.41) is 11.6. The van der Waals surface area contributed by atoms with Gasteiger partial charge in [-0.05, 0) is 32.0 Å². The molecule has 0 aliphatic rings. The molecule has 0 bridgehead atoms. The second kappa shape index (κ2) is 12.2. The minimum atomic E-state index is 0. The Morgan fingerprint density at radius 2 is 1.76 bits per heavy atom. The average molecular weight is 424 g/mol. The fourth-order valence-corrected chi connectivity index (χ4v) is 1.53. The third kappa shape index (κ3) is 6.94. The van der Waals surface area contributed by atoms with Crippen LogP contribution in [0.1, 0.15) is 17.0 Å². The van der Waals surface area contributed by atoms with Gasteiger partial charge in [-0.25, -0.2) is 9.67 Å². The number of nitrogens with one attached hydrogen (secondary N) is 1. The molecule has 21 heavy (non-hydrogen) atoms. The van der Waals surface area contributed by atoms with Crippen LogP contribution in [0.4, 0.5) is 0 Å². The first-order chi connectivity index (χ1) is 7.58. The molecule has 5 nitrogen and oxygen atoms in total. The van der Waals surface area contributed by atoms with Crippen LogP contribution in [0.5, 0.6) is 0 Å². The van der Waals surface area contributed by atoms with E-state index in [-0.39, 0.29) is 74.9 Å². The largest absolute Gasteiger partial charge is 2.00 e. The van der Waals surface area contributed by atoms with E-state index in [4.69, 9.17) is 11.1 Å². The molecule has 0 fully saturated rings. The summed E-state index contributed by atoms with van der Waals surface area (Å²) in [5.74, 6) is 0.753. The fraction of sp³-hybridized carbons (Fsp3) is 0.182. The molecular weight excluding hydrogens is 409 g/mol. The van der Waals surface area contributed by atoms with Crippen molar-refractivity contribution in [1.29, 1.82) is 5.41 Å². The standard InChI is InChI=1S/C11H13N5.4ClH.Zn/c1-7-5-8(2)16(15-7)10-4-3-9(6-14-10)11(12)13;;;;;/h3-6H,1-2H3,(H3,12,13);4*1H;/q;;;;;+2/p-2. The van der Waals surface area contributed by atoms with Crippen molar-refractivity contribution in [2.75, 3.05) is 0 Å². The zero-order chi connectivity index (χ0) is 11.7. The third-order valence-electron chi connectivity index (χ3n) is 2.29. The van der Waals surface area contributed by atoms with Crippen LogP contribution in [0.25, 0.3) is 5.82 Å². The monoisotopic (exact) mass is 421 g/mol. The zero-order valence-corrected chi connectivity index (χ0v) is 17.6. The molecule has 2 heterocycles. The first-order valence-corrected chi connectivity index (χ1v) is 4.92. The van der Waals surface area contributed by atoms with E-state index in [1.54, 1.807) is 23.0 Å². The van der Waals surface area contributed by atoms with Crippen LogP contribution in [0, 0.1) is 19.3 Å². The molecule has 0 aliphatic heterocycles. The van der Waals surface area contributed by atoms with Gasteiger partial charge in [0.1, 0.15) is 5.84 Å². The minimum Gasteiger partial charge on any atom is -1.00 e. The molecule has 2 aromatic rings. The van der Waals surface area contributed by atoms with E-state index in [9.17, 15) is 0 Å². The van der Waals surface area contributed by atoms with Gasteiger partial charge in [0.25, 0.3) is 0 Å². The van der Waals surface area contributed by atoms with E-state index in [1.165, 1.54) is 0 Å². The van der Waals surface area contributed by atoms with Gasteiger partial charge >= 0.3 is 19.5 Å². The molecule has 0 radical (unpaired) electrons. The summed E-state index contributed by atoms with van der Waals surface area (Å²) in [4.78, 5) is 4.22. The number of halogens is 4. The molecule has 2 aromatic heterocycles. The van der Waals surface area contributed by atoms with Crippen LogP contribution in [0.3, 0.4) is 0 Å². The molecule has 0 aromatic carbocycles. The van der Waals surface area contributed by atoms with Crippen LogP contribution in [-0.4, -0.2) is 20.6 Å². The van der Waals surface area contributed by atoms with Crippen molar-refractivity contribution in [2.24, 2.45) is 5.73 Å². The zero-order valence-electron chi connectivity index (χ0n) is 11.5. The van der Waals surface area contributed by atoms with Crippen molar-refractivity contribution in [3.05, 3.63) is 41.3 Å². The van der Waals surface area contributed by atoms with Crippen molar-refractivity contribution in [2.45, 2.75) is 13.8 Å². The Hall–Kier alpha value is -0.387. The molecule has 3 N–H and O–H groups in total. The van der Waals surface area contributed by atoms with Gasteiger partial charge in [0, 0.05) is 17.5 Å². The fourth-order valence-electron chi connectivity index (χ4n) is 1.53. The van der Waals surface area contributed by atoms with Crippen LogP contribution < -0.4 is 30.5 Å². The van der Waals surface area contributed by atoms with E-state index in [0.29, 0.717) is 5.56 Å². The predicted octanol–water partition coefficient (Wildman–Crippen LogP) is -3.98. The van der Waals surface area contributed by atoms with Crippen LogP contribution in [0.2, 0.25) is 0 Å². The number of nitrogens with zero attached hydrogens (tertiary/aromatic N) is 3. The van der Waals surface area contributed by atoms with Crippen molar-refractivity contribution in [3.63, 3.8) is 0 Å². The van der Waals surface area contributed by atoms with Gasteiger partial charge in [0.2, 0.25) is 0 Å². The number of nitrogen functional groups attached to an aromatic ring is 1. The van der Waals surface area contributed by atoms with Gasteiger partial charge in [0.15, 0.2) is 5.82 Å². The summed E-state index contributed by atoms with van der Waals surface area (Å²) in [7, 11) is 0. The van der Waals surface area contributed by atoms with Crippen LogP contribution >= 0.6 is 24.8 Å². The van der Waals surface area contributed by atoms with Gasteiger partial charge in [0.05, 0.1) is 5.69 Å². The molecule has 0 atom stereocenters. The van der Waals surface area contributed by atoms with Crippen LogP contribution in [0.15, 0.2) is 24.4 Å². The summed E-state index contributed by atoms with van der Waals surface area (Å²) in [6.07, 6.45) is 1.58. The van der Waals surface area contributed by atoms with Crippen LogP contribution in [-0.2, 0) is 19.5 Å². The number of rotatable bonds is 2. The Morgan fingerprint density at radius 1 is 1.19 bits per heavy atom. The van der Waals surface area contributed by atoms with E-state index in [0.717, 1.165) is 17.2 Å². The minimum absolute atomic E-state index is 0. The molecule has 0 saturated heterocycles.